The molecule has 1 aliphatic heterocycles. The molecule has 0 aromatic heterocycles. The molecule has 1 nitrogen and oxygen atoms in total. The summed E-state index contributed by atoms with van der Waals surface area (Å²) in [6.07, 6.45) is 0. The van der Waals surface area contributed by atoms with Gasteiger partial charge in [0.1, 0.15) is 0 Å². The van der Waals surface area contributed by atoms with Crippen molar-refractivity contribution in [3.8, 4) is 0 Å². The van der Waals surface area contributed by atoms with Crippen molar-refractivity contribution in [1.82, 2.24) is 4.90 Å². The van der Waals surface area contributed by atoms with Gasteiger partial charge >= 0.3 is 0 Å². The maximum Gasteiger partial charge on any atom is 0.0238 e. The topological polar surface area (TPSA) is 3.24 Å². The maximum absolute atomic E-state index is 2.44. The number of rotatable bonds is 1. The molecule has 0 aromatic carbocycles. The Balaban J connectivity index is 2.73. The molecule has 0 saturated heterocycles. The minimum Gasteiger partial charge on any atom is -0.375 e. The summed E-state index contributed by atoms with van der Waals surface area (Å²) in [6.45, 7) is 11.4. The van der Waals surface area contributed by atoms with Crippen LogP contribution in [0.5, 0.6) is 0 Å². The van der Waals surface area contributed by atoms with Crippen LogP contribution in [0.15, 0.2) is 11.3 Å². The highest BCUT2D eigenvalue weighted by Crippen LogP contribution is 2.26. The lowest BCUT2D eigenvalue weighted by Gasteiger charge is -2.17. The van der Waals surface area contributed by atoms with Gasteiger partial charge in [0.05, 0.1) is 0 Å². The zero-order valence-corrected chi connectivity index (χ0v) is 7.44. The Morgan fingerprint density at radius 2 is 2.10 bits per heavy atom. The molecule has 0 amide bonds. The van der Waals surface area contributed by atoms with Gasteiger partial charge in [0.2, 0.25) is 0 Å². The van der Waals surface area contributed by atoms with Gasteiger partial charge in [-0.3, -0.25) is 0 Å². The lowest BCUT2D eigenvalue weighted by molar-refractivity contribution is 0.370. The molecule has 0 bridgehead atoms. The SMILES string of the molecule is CCN1CC(C)C(C)=C1C. The van der Waals surface area contributed by atoms with Crippen molar-refractivity contribution in [1.29, 1.82) is 0 Å². The van der Waals surface area contributed by atoms with Crippen LogP contribution < -0.4 is 0 Å². The van der Waals surface area contributed by atoms with Crippen molar-refractivity contribution in [2.45, 2.75) is 27.7 Å². The summed E-state index contributed by atoms with van der Waals surface area (Å²) in [6, 6.07) is 0. The van der Waals surface area contributed by atoms with Gasteiger partial charge in [-0.15, -0.1) is 0 Å². The second kappa shape index (κ2) is 2.65. The summed E-state index contributed by atoms with van der Waals surface area (Å²) in [5.74, 6) is 0.778. The molecule has 0 radical (unpaired) electrons. The van der Waals surface area contributed by atoms with Crippen LogP contribution in [-0.4, -0.2) is 18.0 Å². The minimum absolute atomic E-state index is 0.778. The van der Waals surface area contributed by atoms with E-state index in [0.717, 1.165) is 12.5 Å². The number of hydrogen-bond acceptors (Lipinski definition) is 1. The van der Waals surface area contributed by atoms with Gasteiger partial charge < -0.3 is 4.90 Å². The second-order valence-electron chi connectivity index (χ2n) is 3.21. The Hall–Kier alpha value is -0.460. The number of allylic oxidation sites excluding steroid dienone is 1. The highest BCUT2D eigenvalue weighted by molar-refractivity contribution is 5.17. The van der Waals surface area contributed by atoms with Crippen molar-refractivity contribution in [2.75, 3.05) is 13.1 Å². The number of nitrogens with zero attached hydrogens (tertiary/aromatic N) is 1. The molecule has 10 heavy (non-hydrogen) atoms. The number of hydrogen-bond donors (Lipinski definition) is 0. The Morgan fingerprint density at radius 3 is 2.30 bits per heavy atom. The Bertz CT molecular complexity index is 158. The summed E-state index contributed by atoms with van der Waals surface area (Å²) >= 11 is 0. The van der Waals surface area contributed by atoms with E-state index in [4.69, 9.17) is 0 Å². The molecule has 0 aliphatic carbocycles. The van der Waals surface area contributed by atoms with E-state index in [-0.39, 0.29) is 0 Å². The van der Waals surface area contributed by atoms with E-state index in [1.54, 1.807) is 5.57 Å². The first-order valence-electron chi connectivity index (χ1n) is 4.09. The molecule has 0 spiro atoms. The molecular weight excluding hydrogens is 122 g/mol. The van der Waals surface area contributed by atoms with Gasteiger partial charge in [-0.05, 0) is 32.3 Å². The van der Waals surface area contributed by atoms with Crippen LogP contribution in [-0.2, 0) is 0 Å². The first-order valence-corrected chi connectivity index (χ1v) is 4.09. The van der Waals surface area contributed by atoms with Gasteiger partial charge in [-0.25, -0.2) is 0 Å². The standard InChI is InChI=1S/C9H17N/c1-5-10-6-7(2)8(3)9(10)4/h7H,5-6H2,1-4H3. The van der Waals surface area contributed by atoms with Crippen LogP contribution in [0.1, 0.15) is 27.7 Å². The predicted molar refractivity (Wildman–Crippen MR) is 44.8 cm³/mol. The van der Waals surface area contributed by atoms with E-state index >= 15 is 0 Å². The molecule has 0 aromatic rings. The molecule has 0 saturated carbocycles. The quantitative estimate of drug-likeness (QED) is 0.538. The van der Waals surface area contributed by atoms with E-state index in [1.807, 2.05) is 0 Å². The Kier molecular flexibility index (Phi) is 2.02. The predicted octanol–water partition coefficient (Wildman–Crippen LogP) is 2.25. The molecule has 1 heteroatoms. The second-order valence-corrected chi connectivity index (χ2v) is 3.21. The lowest BCUT2D eigenvalue weighted by atomic mass is 10.1. The highest BCUT2D eigenvalue weighted by atomic mass is 15.1. The van der Waals surface area contributed by atoms with Crippen LogP contribution in [0.3, 0.4) is 0 Å². The molecule has 1 rings (SSSR count). The van der Waals surface area contributed by atoms with E-state index < -0.39 is 0 Å². The summed E-state index contributed by atoms with van der Waals surface area (Å²) < 4.78 is 0. The molecule has 1 aliphatic rings. The van der Waals surface area contributed by atoms with E-state index in [2.05, 4.69) is 32.6 Å². The van der Waals surface area contributed by atoms with Crippen molar-refractivity contribution in [3.05, 3.63) is 11.3 Å². The van der Waals surface area contributed by atoms with Gasteiger partial charge in [-0.1, -0.05) is 6.92 Å². The highest BCUT2D eigenvalue weighted by Gasteiger charge is 2.20. The van der Waals surface area contributed by atoms with Gasteiger partial charge in [-0.2, -0.15) is 0 Å². The summed E-state index contributed by atoms with van der Waals surface area (Å²) in [5, 5.41) is 0. The molecular formula is C9H17N. The minimum atomic E-state index is 0.778. The molecule has 1 heterocycles. The van der Waals surface area contributed by atoms with Gasteiger partial charge in [0, 0.05) is 18.8 Å². The van der Waals surface area contributed by atoms with Crippen LogP contribution in [0.25, 0.3) is 0 Å². The van der Waals surface area contributed by atoms with Crippen molar-refractivity contribution < 1.29 is 0 Å². The molecule has 0 N–H and O–H groups in total. The van der Waals surface area contributed by atoms with E-state index in [0.29, 0.717) is 0 Å². The monoisotopic (exact) mass is 139 g/mol. The fraction of sp³-hybridized carbons (Fsp3) is 0.778. The van der Waals surface area contributed by atoms with Crippen molar-refractivity contribution in [3.63, 3.8) is 0 Å². The zero-order chi connectivity index (χ0) is 7.72. The van der Waals surface area contributed by atoms with Crippen molar-refractivity contribution in [2.24, 2.45) is 5.92 Å². The fourth-order valence-corrected chi connectivity index (χ4v) is 1.58. The average molecular weight is 139 g/mol. The van der Waals surface area contributed by atoms with Crippen LogP contribution in [0.2, 0.25) is 0 Å². The third kappa shape index (κ3) is 1.05. The van der Waals surface area contributed by atoms with Crippen LogP contribution in [0.4, 0.5) is 0 Å². The first-order chi connectivity index (χ1) is 4.66. The van der Waals surface area contributed by atoms with Crippen molar-refractivity contribution >= 4 is 0 Å². The Labute approximate surface area is 63.7 Å². The smallest absolute Gasteiger partial charge is 0.0238 e. The summed E-state index contributed by atoms with van der Waals surface area (Å²) in [7, 11) is 0. The molecule has 1 unspecified atom stereocenters. The lowest BCUT2D eigenvalue weighted by Crippen LogP contribution is -2.19. The maximum atomic E-state index is 2.44. The van der Waals surface area contributed by atoms with E-state index in [9.17, 15) is 0 Å². The third-order valence-corrected chi connectivity index (χ3v) is 2.66. The largest absolute Gasteiger partial charge is 0.375 e. The summed E-state index contributed by atoms with van der Waals surface area (Å²) in [4.78, 5) is 2.44. The van der Waals surface area contributed by atoms with Gasteiger partial charge in [0.25, 0.3) is 0 Å². The average Bonchev–Trinajstić information content (AvgIpc) is 2.17. The molecule has 0 fully saturated rings. The zero-order valence-electron chi connectivity index (χ0n) is 7.44. The van der Waals surface area contributed by atoms with Crippen LogP contribution in [0, 0.1) is 5.92 Å². The normalized spacial score (nSPS) is 26.4. The summed E-state index contributed by atoms with van der Waals surface area (Å²) in [5.41, 5.74) is 3.07. The van der Waals surface area contributed by atoms with E-state index in [1.165, 1.54) is 12.2 Å². The molecule has 1 atom stereocenters. The van der Waals surface area contributed by atoms with Gasteiger partial charge in [0.15, 0.2) is 0 Å². The first kappa shape index (κ1) is 7.64. The van der Waals surface area contributed by atoms with Crippen LogP contribution >= 0.6 is 0 Å². The molecule has 58 valence electrons. The fourth-order valence-electron chi connectivity index (χ4n) is 1.58. The third-order valence-electron chi connectivity index (χ3n) is 2.66. The Morgan fingerprint density at radius 1 is 1.50 bits per heavy atom.